The van der Waals surface area contributed by atoms with Gasteiger partial charge in [-0.3, -0.25) is 9.69 Å². The summed E-state index contributed by atoms with van der Waals surface area (Å²) >= 11 is 0. The summed E-state index contributed by atoms with van der Waals surface area (Å²) in [5.74, 6) is 0.513. The Hall–Kier alpha value is -1.92. The molecule has 2 aliphatic heterocycles. The predicted molar refractivity (Wildman–Crippen MR) is 109 cm³/mol. The molecule has 1 saturated carbocycles. The molecule has 2 saturated heterocycles. The lowest BCUT2D eigenvalue weighted by Gasteiger charge is -2.58. The normalized spacial score (nSPS) is 22.5. The van der Waals surface area contributed by atoms with E-state index in [0.717, 1.165) is 56.9 Å². The van der Waals surface area contributed by atoms with E-state index in [9.17, 15) is 4.79 Å². The summed E-state index contributed by atoms with van der Waals surface area (Å²) in [6.45, 7) is 9.50. The Morgan fingerprint density at radius 1 is 1.21 bits per heavy atom. The van der Waals surface area contributed by atoms with Gasteiger partial charge >= 0.3 is 0 Å². The van der Waals surface area contributed by atoms with Crippen LogP contribution >= 0.6 is 0 Å². The summed E-state index contributed by atoms with van der Waals surface area (Å²) in [5.41, 5.74) is 3.84. The SMILES string of the molecule is Cc1nc2ccccn2c1CN1CC2(CC(C(=O)NCCN3CCCC3)C2)C1. The average Bonchev–Trinajstić information content (AvgIpc) is 3.23. The molecular formula is C22H31N5O. The van der Waals surface area contributed by atoms with Gasteiger partial charge in [0.2, 0.25) is 5.91 Å². The highest BCUT2D eigenvalue weighted by Gasteiger charge is 2.54. The predicted octanol–water partition coefficient (Wildman–Crippen LogP) is 2.07. The first-order valence-corrected chi connectivity index (χ1v) is 10.8. The van der Waals surface area contributed by atoms with Crippen molar-refractivity contribution in [3.63, 3.8) is 0 Å². The maximum Gasteiger partial charge on any atom is 0.223 e. The highest BCUT2D eigenvalue weighted by Crippen LogP contribution is 2.52. The number of fused-ring (bicyclic) bond motifs is 1. The maximum absolute atomic E-state index is 12.4. The second-order valence-electron chi connectivity index (χ2n) is 9.16. The van der Waals surface area contributed by atoms with Crippen LogP contribution < -0.4 is 5.32 Å². The summed E-state index contributed by atoms with van der Waals surface area (Å²) in [4.78, 5) is 22.0. The van der Waals surface area contributed by atoms with Crippen molar-refractivity contribution in [3.05, 3.63) is 35.8 Å². The fourth-order valence-corrected chi connectivity index (χ4v) is 5.50. The van der Waals surface area contributed by atoms with Crippen molar-refractivity contribution in [2.75, 3.05) is 39.3 Å². The first-order valence-electron chi connectivity index (χ1n) is 10.8. The summed E-state index contributed by atoms with van der Waals surface area (Å²) in [6.07, 6.45) is 6.84. The van der Waals surface area contributed by atoms with Gasteiger partial charge in [0.25, 0.3) is 0 Å². The molecule has 0 unspecified atom stereocenters. The van der Waals surface area contributed by atoms with Crippen molar-refractivity contribution in [1.29, 1.82) is 0 Å². The number of nitrogens with one attached hydrogen (secondary N) is 1. The summed E-state index contributed by atoms with van der Waals surface area (Å²) in [7, 11) is 0. The minimum atomic E-state index is 0.235. The van der Waals surface area contributed by atoms with E-state index < -0.39 is 0 Å². The van der Waals surface area contributed by atoms with Crippen LogP contribution in [0.1, 0.15) is 37.1 Å². The lowest BCUT2D eigenvalue weighted by molar-refractivity contribution is -0.145. The number of imidazole rings is 1. The van der Waals surface area contributed by atoms with Gasteiger partial charge in [-0.15, -0.1) is 0 Å². The number of pyridine rings is 1. The number of amides is 1. The van der Waals surface area contributed by atoms with Crippen molar-refractivity contribution in [2.45, 2.75) is 39.2 Å². The van der Waals surface area contributed by atoms with Crippen molar-refractivity contribution in [2.24, 2.45) is 11.3 Å². The summed E-state index contributed by atoms with van der Waals surface area (Å²) in [5, 5.41) is 3.17. The molecule has 0 aromatic carbocycles. The third-order valence-corrected chi connectivity index (χ3v) is 6.98. The highest BCUT2D eigenvalue weighted by molar-refractivity contribution is 5.79. The van der Waals surface area contributed by atoms with Crippen LogP contribution in [-0.2, 0) is 11.3 Å². The van der Waals surface area contributed by atoms with E-state index in [2.05, 4.69) is 49.8 Å². The number of aromatic nitrogens is 2. The maximum atomic E-state index is 12.4. The van der Waals surface area contributed by atoms with E-state index >= 15 is 0 Å². The van der Waals surface area contributed by atoms with E-state index in [1.807, 2.05) is 6.07 Å². The van der Waals surface area contributed by atoms with Crippen LogP contribution in [0.2, 0.25) is 0 Å². The Morgan fingerprint density at radius 3 is 2.79 bits per heavy atom. The zero-order valence-corrected chi connectivity index (χ0v) is 16.9. The van der Waals surface area contributed by atoms with Gasteiger partial charge in [-0.1, -0.05) is 6.07 Å². The third-order valence-electron chi connectivity index (χ3n) is 6.98. The number of likely N-dealkylation sites (tertiary alicyclic amines) is 2. The largest absolute Gasteiger partial charge is 0.355 e. The molecule has 3 fully saturated rings. The Kier molecular flexibility index (Phi) is 4.63. The smallest absolute Gasteiger partial charge is 0.223 e. The van der Waals surface area contributed by atoms with Gasteiger partial charge in [0.15, 0.2) is 0 Å². The second-order valence-corrected chi connectivity index (χ2v) is 9.16. The highest BCUT2D eigenvalue weighted by atomic mass is 16.1. The number of rotatable bonds is 6. The van der Waals surface area contributed by atoms with E-state index in [4.69, 9.17) is 0 Å². The first-order chi connectivity index (χ1) is 13.6. The Balaban J connectivity index is 1.07. The quantitative estimate of drug-likeness (QED) is 0.832. The number of hydrogen-bond acceptors (Lipinski definition) is 4. The molecule has 1 spiro atoms. The number of aryl methyl sites for hydroxylation is 1. The molecule has 1 N–H and O–H groups in total. The molecule has 0 bridgehead atoms. The van der Waals surface area contributed by atoms with Crippen LogP contribution in [0.4, 0.5) is 0 Å². The van der Waals surface area contributed by atoms with E-state index in [1.54, 1.807) is 0 Å². The summed E-state index contributed by atoms with van der Waals surface area (Å²) in [6, 6.07) is 6.16. The van der Waals surface area contributed by atoms with Gasteiger partial charge in [0.05, 0.1) is 11.4 Å². The number of nitrogens with zero attached hydrogens (tertiary/aromatic N) is 4. The fourth-order valence-electron chi connectivity index (χ4n) is 5.50. The van der Waals surface area contributed by atoms with Crippen LogP contribution in [0.3, 0.4) is 0 Å². The molecule has 0 atom stereocenters. The zero-order chi connectivity index (χ0) is 19.1. The molecule has 150 valence electrons. The number of hydrogen-bond donors (Lipinski definition) is 1. The van der Waals surface area contributed by atoms with Gasteiger partial charge in [-0.2, -0.15) is 0 Å². The second kappa shape index (κ2) is 7.16. The van der Waals surface area contributed by atoms with Gasteiger partial charge in [-0.05, 0) is 63.2 Å². The van der Waals surface area contributed by atoms with Gasteiger partial charge in [-0.25, -0.2) is 4.98 Å². The monoisotopic (exact) mass is 381 g/mol. The standard InChI is InChI=1S/C22H31N5O/c1-17-19(27-10-3-2-6-20(27)24-17)14-26-15-22(16-26)12-18(13-22)21(28)23-7-11-25-8-4-5-9-25/h2-3,6,10,18H,4-5,7-9,11-16H2,1H3,(H,23,28). The molecule has 5 rings (SSSR count). The van der Waals surface area contributed by atoms with Crippen molar-refractivity contribution >= 4 is 11.6 Å². The zero-order valence-electron chi connectivity index (χ0n) is 16.9. The minimum absolute atomic E-state index is 0.235. The molecule has 3 aliphatic rings. The van der Waals surface area contributed by atoms with Gasteiger partial charge in [0.1, 0.15) is 5.65 Å². The first kappa shape index (κ1) is 18.1. The molecule has 2 aromatic heterocycles. The van der Waals surface area contributed by atoms with Crippen LogP contribution in [0, 0.1) is 18.3 Å². The van der Waals surface area contributed by atoms with Crippen LogP contribution in [0.5, 0.6) is 0 Å². The molecule has 2 aromatic rings. The van der Waals surface area contributed by atoms with E-state index in [-0.39, 0.29) is 11.8 Å². The van der Waals surface area contributed by atoms with Crippen LogP contribution in [0.15, 0.2) is 24.4 Å². The number of carbonyl (C=O) groups excluding carboxylic acids is 1. The van der Waals surface area contributed by atoms with Gasteiger partial charge in [0, 0.05) is 44.8 Å². The van der Waals surface area contributed by atoms with Crippen LogP contribution in [0.25, 0.3) is 5.65 Å². The van der Waals surface area contributed by atoms with Crippen molar-refractivity contribution in [1.82, 2.24) is 24.5 Å². The lowest BCUT2D eigenvalue weighted by Crippen LogP contribution is -2.63. The summed E-state index contributed by atoms with van der Waals surface area (Å²) < 4.78 is 2.21. The van der Waals surface area contributed by atoms with Crippen molar-refractivity contribution < 1.29 is 4.79 Å². The Morgan fingerprint density at radius 2 is 2.00 bits per heavy atom. The Labute approximate surface area is 166 Å². The Bertz CT molecular complexity index is 855. The molecule has 1 aliphatic carbocycles. The molecule has 4 heterocycles. The average molecular weight is 382 g/mol. The third kappa shape index (κ3) is 3.33. The molecule has 6 nitrogen and oxygen atoms in total. The number of carbonyl (C=O) groups is 1. The van der Waals surface area contributed by atoms with Gasteiger partial charge < -0.3 is 14.6 Å². The van der Waals surface area contributed by atoms with Crippen LogP contribution in [-0.4, -0.2) is 64.4 Å². The topological polar surface area (TPSA) is 52.9 Å². The molecule has 1 amide bonds. The fraction of sp³-hybridized carbons (Fsp3) is 0.636. The van der Waals surface area contributed by atoms with E-state index in [1.165, 1.54) is 31.6 Å². The minimum Gasteiger partial charge on any atom is -0.355 e. The lowest BCUT2D eigenvalue weighted by atomic mass is 9.57. The van der Waals surface area contributed by atoms with E-state index in [0.29, 0.717) is 5.41 Å². The molecular weight excluding hydrogens is 350 g/mol. The molecule has 0 radical (unpaired) electrons. The van der Waals surface area contributed by atoms with Crippen molar-refractivity contribution in [3.8, 4) is 0 Å². The molecule has 6 heteroatoms. The molecule has 28 heavy (non-hydrogen) atoms.